The second-order valence-electron chi connectivity index (χ2n) is 6.82. The van der Waals surface area contributed by atoms with Crippen molar-refractivity contribution in [2.45, 2.75) is 39.7 Å². The minimum atomic E-state index is -0.250. The average molecular weight is 409 g/mol. The topological polar surface area (TPSA) is 113 Å². The Balaban J connectivity index is 0.000000878. The molecule has 3 heterocycles. The molecule has 0 bridgehead atoms. The molecule has 1 amide bonds. The van der Waals surface area contributed by atoms with Crippen molar-refractivity contribution in [2.24, 2.45) is 5.92 Å². The van der Waals surface area contributed by atoms with E-state index in [4.69, 9.17) is 9.90 Å². The summed E-state index contributed by atoms with van der Waals surface area (Å²) in [5.74, 6) is 1.55. The van der Waals surface area contributed by atoms with Crippen LogP contribution < -0.4 is 5.32 Å². The maximum Gasteiger partial charge on any atom is 0.290 e. The van der Waals surface area contributed by atoms with Gasteiger partial charge in [0.1, 0.15) is 12.2 Å². The summed E-state index contributed by atoms with van der Waals surface area (Å²) in [5.41, 5.74) is 0.870. The van der Waals surface area contributed by atoms with Crippen molar-refractivity contribution in [1.29, 1.82) is 0 Å². The van der Waals surface area contributed by atoms with E-state index in [1.165, 1.54) is 12.8 Å². The minimum absolute atomic E-state index is 0.0718. The third-order valence-electron chi connectivity index (χ3n) is 4.67. The van der Waals surface area contributed by atoms with Crippen LogP contribution in [0.3, 0.4) is 0 Å². The van der Waals surface area contributed by atoms with E-state index in [0.717, 1.165) is 49.2 Å². The number of nitrogens with zero attached hydrogens (tertiary/aromatic N) is 5. The van der Waals surface area contributed by atoms with Crippen LogP contribution in [0.1, 0.15) is 29.4 Å². The van der Waals surface area contributed by atoms with Crippen LogP contribution in [0.4, 0.5) is 0 Å². The van der Waals surface area contributed by atoms with Crippen molar-refractivity contribution in [2.75, 3.05) is 26.2 Å². The van der Waals surface area contributed by atoms with Crippen LogP contribution in [0.2, 0.25) is 0 Å². The van der Waals surface area contributed by atoms with Gasteiger partial charge in [0.05, 0.1) is 17.1 Å². The Bertz CT molecular complexity index is 747. The molecule has 9 nitrogen and oxygen atoms in total. The molecule has 1 aliphatic heterocycles. The van der Waals surface area contributed by atoms with Gasteiger partial charge >= 0.3 is 0 Å². The minimum Gasteiger partial charge on any atom is -0.483 e. The first-order chi connectivity index (χ1) is 13.5. The lowest BCUT2D eigenvalue weighted by Crippen LogP contribution is -2.42. The fraction of sp³-hybridized carbons (Fsp3) is 0.611. The molecule has 1 saturated heterocycles. The van der Waals surface area contributed by atoms with Crippen molar-refractivity contribution in [3.05, 3.63) is 28.2 Å². The number of hydrogen-bond acceptors (Lipinski definition) is 7. The van der Waals surface area contributed by atoms with Gasteiger partial charge in [0.15, 0.2) is 0 Å². The zero-order chi connectivity index (χ0) is 20.4. The molecular formula is C18H28N6O3S. The molecule has 2 aromatic heterocycles. The first-order valence-electron chi connectivity index (χ1n) is 9.34. The summed E-state index contributed by atoms with van der Waals surface area (Å²) in [6.45, 7) is 8.53. The number of hydrogen-bond donors (Lipinski definition) is 2. The summed E-state index contributed by atoms with van der Waals surface area (Å²) in [4.78, 5) is 27.3. The predicted molar refractivity (Wildman–Crippen MR) is 106 cm³/mol. The zero-order valence-electron chi connectivity index (χ0n) is 16.4. The molecule has 0 spiro atoms. The fourth-order valence-electron chi connectivity index (χ4n) is 3.28. The highest BCUT2D eigenvalue weighted by atomic mass is 32.1. The zero-order valence-corrected chi connectivity index (χ0v) is 17.2. The van der Waals surface area contributed by atoms with Crippen LogP contribution in [0, 0.1) is 19.8 Å². The maximum atomic E-state index is 12.1. The second kappa shape index (κ2) is 11.5. The van der Waals surface area contributed by atoms with Crippen LogP contribution in [-0.4, -0.2) is 68.3 Å². The quantitative estimate of drug-likeness (QED) is 0.660. The van der Waals surface area contributed by atoms with Crippen molar-refractivity contribution in [1.82, 2.24) is 30.0 Å². The van der Waals surface area contributed by atoms with Crippen molar-refractivity contribution in [3.63, 3.8) is 0 Å². The average Bonchev–Trinajstić information content (AvgIpc) is 3.27. The number of amides is 1. The normalized spacial score (nSPS) is 16.9. The Morgan fingerprint density at radius 3 is 2.86 bits per heavy atom. The van der Waals surface area contributed by atoms with Gasteiger partial charge in [0.2, 0.25) is 5.91 Å². The lowest BCUT2D eigenvalue weighted by Gasteiger charge is -2.32. The third kappa shape index (κ3) is 7.35. The number of aryl methyl sites for hydroxylation is 2. The van der Waals surface area contributed by atoms with Crippen molar-refractivity contribution in [3.8, 4) is 0 Å². The van der Waals surface area contributed by atoms with E-state index in [9.17, 15) is 4.79 Å². The molecule has 0 aromatic carbocycles. The molecule has 1 atom stereocenters. The van der Waals surface area contributed by atoms with Gasteiger partial charge in [-0.15, -0.1) is 21.5 Å². The first-order valence-corrected chi connectivity index (χ1v) is 10.2. The van der Waals surface area contributed by atoms with Gasteiger partial charge in [0, 0.05) is 31.6 Å². The highest BCUT2D eigenvalue weighted by molar-refractivity contribution is 7.09. The predicted octanol–water partition coefficient (Wildman–Crippen LogP) is 1.12. The highest BCUT2D eigenvalue weighted by Gasteiger charge is 2.20. The first kappa shape index (κ1) is 22.0. The molecule has 0 radical (unpaired) electrons. The Labute approximate surface area is 168 Å². The number of aromatic nitrogens is 4. The van der Waals surface area contributed by atoms with E-state index in [1.807, 2.05) is 19.2 Å². The van der Waals surface area contributed by atoms with Crippen LogP contribution in [0.25, 0.3) is 0 Å². The number of nitrogens with one attached hydrogen (secondary N) is 1. The van der Waals surface area contributed by atoms with Crippen LogP contribution >= 0.6 is 11.3 Å². The Morgan fingerprint density at radius 1 is 1.43 bits per heavy atom. The molecule has 2 aromatic rings. The van der Waals surface area contributed by atoms with E-state index < -0.39 is 0 Å². The van der Waals surface area contributed by atoms with Crippen LogP contribution in [0.15, 0.2) is 11.7 Å². The number of carboxylic acid groups (broad SMARTS) is 1. The number of piperidine rings is 1. The van der Waals surface area contributed by atoms with Gasteiger partial charge in [-0.3, -0.25) is 9.59 Å². The fourth-order valence-corrected chi connectivity index (χ4v) is 3.89. The van der Waals surface area contributed by atoms with Gasteiger partial charge in [0.25, 0.3) is 6.47 Å². The molecule has 0 aliphatic carbocycles. The van der Waals surface area contributed by atoms with Crippen LogP contribution in [-0.2, 0) is 22.6 Å². The molecule has 3 rings (SSSR count). The van der Waals surface area contributed by atoms with Crippen LogP contribution in [0.5, 0.6) is 0 Å². The van der Waals surface area contributed by atoms with Gasteiger partial charge in [-0.2, -0.15) is 0 Å². The summed E-state index contributed by atoms with van der Waals surface area (Å²) >= 11 is 1.59. The number of likely N-dealkylation sites (tertiary alicyclic amines) is 1. The van der Waals surface area contributed by atoms with Gasteiger partial charge in [-0.05, 0) is 39.2 Å². The SMILES string of the molecule is Cc1nc(CC(=O)NCC2CCCN(CCn3cnnc3C)C2)cs1.O=CO. The molecule has 2 N–H and O–H groups in total. The number of carbonyl (C=O) groups excluding carboxylic acids is 1. The number of carbonyl (C=O) groups is 2. The Hall–Kier alpha value is -2.33. The molecule has 154 valence electrons. The van der Waals surface area contributed by atoms with E-state index in [0.29, 0.717) is 12.3 Å². The van der Waals surface area contributed by atoms with E-state index in [-0.39, 0.29) is 12.4 Å². The standard InChI is InChI=1S/C17H26N6OS.CH2O2/c1-13-21-19-12-23(13)7-6-22-5-3-4-15(10-22)9-18-17(24)8-16-11-25-14(2)20-16;2-1-3/h11-12,15H,3-10H2,1-2H3,(H,18,24);1H,(H,2,3). The maximum absolute atomic E-state index is 12.1. The molecule has 1 unspecified atom stereocenters. The highest BCUT2D eigenvalue weighted by Crippen LogP contribution is 2.16. The summed E-state index contributed by atoms with van der Waals surface area (Å²) < 4.78 is 2.08. The van der Waals surface area contributed by atoms with E-state index >= 15 is 0 Å². The smallest absolute Gasteiger partial charge is 0.290 e. The molecule has 1 aliphatic rings. The third-order valence-corrected chi connectivity index (χ3v) is 5.49. The Kier molecular flexibility index (Phi) is 9.02. The Morgan fingerprint density at radius 2 is 2.21 bits per heavy atom. The summed E-state index contributed by atoms with van der Waals surface area (Å²) in [6, 6.07) is 0. The van der Waals surface area contributed by atoms with Gasteiger partial charge < -0.3 is 19.9 Å². The molecular weight excluding hydrogens is 380 g/mol. The van der Waals surface area contributed by atoms with Gasteiger partial charge in [-0.25, -0.2) is 4.98 Å². The largest absolute Gasteiger partial charge is 0.483 e. The lowest BCUT2D eigenvalue weighted by molar-refractivity contribution is -0.123. The molecule has 0 saturated carbocycles. The molecule has 1 fully saturated rings. The monoisotopic (exact) mass is 408 g/mol. The lowest BCUT2D eigenvalue weighted by atomic mass is 9.98. The van der Waals surface area contributed by atoms with E-state index in [2.05, 4.69) is 30.0 Å². The number of rotatable bonds is 7. The molecule has 10 heteroatoms. The van der Waals surface area contributed by atoms with Gasteiger partial charge in [-0.1, -0.05) is 0 Å². The summed E-state index contributed by atoms with van der Waals surface area (Å²) in [5, 5.41) is 20.9. The second-order valence-corrected chi connectivity index (χ2v) is 7.89. The van der Waals surface area contributed by atoms with E-state index in [1.54, 1.807) is 17.7 Å². The van der Waals surface area contributed by atoms with Crippen molar-refractivity contribution < 1.29 is 14.7 Å². The molecule has 28 heavy (non-hydrogen) atoms. The summed E-state index contributed by atoms with van der Waals surface area (Å²) in [7, 11) is 0. The van der Waals surface area contributed by atoms with Crippen molar-refractivity contribution >= 4 is 23.7 Å². The number of thiazole rings is 1. The summed E-state index contributed by atoms with van der Waals surface area (Å²) in [6.07, 6.45) is 4.54.